The highest BCUT2D eigenvalue weighted by Crippen LogP contribution is 2.12. The SMILES string of the molecule is [2H]OC([2H])(C(=O)OC)c1ccccc1. The van der Waals surface area contributed by atoms with Gasteiger partial charge in [-0.05, 0) is 5.56 Å². The molecule has 0 amide bonds. The molecule has 0 aliphatic heterocycles. The maximum Gasteiger partial charge on any atom is 0.339 e. The van der Waals surface area contributed by atoms with Crippen molar-refractivity contribution >= 4 is 5.97 Å². The Labute approximate surface area is 73.5 Å². The maximum atomic E-state index is 11.2. The molecule has 64 valence electrons. The van der Waals surface area contributed by atoms with Gasteiger partial charge in [0.05, 0.1) is 8.48 Å². The molecule has 3 nitrogen and oxygen atoms in total. The van der Waals surface area contributed by atoms with Crippen molar-refractivity contribution in [2.45, 2.75) is 6.08 Å². The van der Waals surface area contributed by atoms with Crippen molar-refractivity contribution in [1.82, 2.24) is 0 Å². The summed E-state index contributed by atoms with van der Waals surface area (Å²) in [5, 5.41) is 4.12. The third-order valence-corrected chi connectivity index (χ3v) is 1.41. The van der Waals surface area contributed by atoms with Crippen molar-refractivity contribution in [3.8, 4) is 0 Å². The van der Waals surface area contributed by atoms with E-state index in [0.717, 1.165) is 7.11 Å². The highest BCUT2D eigenvalue weighted by Gasteiger charge is 2.16. The summed E-state index contributed by atoms with van der Waals surface area (Å²) in [6.45, 7) is 0. The van der Waals surface area contributed by atoms with E-state index in [2.05, 4.69) is 9.85 Å². The van der Waals surface area contributed by atoms with E-state index in [1.165, 1.54) is 12.1 Å². The Bertz CT molecular complexity index is 315. The lowest BCUT2D eigenvalue weighted by Crippen LogP contribution is -2.13. The Hall–Kier alpha value is -1.35. The van der Waals surface area contributed by atoms with Crippen LogP contribution in [0.2, 0.25) is 0 Å². The summed E-state index contributed by atoms with van der Waals surface area (Å²) >= 11 is 0. The van der Waals surface area contributed by atoms with Crippen LogP contribution in [0.3, 0.4) is 0 Å². The molecule has 1 rings (SSSR count). The quantitative estimate of drug-likeness (QED) is 0.682. The molecule has 0 fully saturated rings. The maximum absolute atomic E-state index is 11.2. The van der Waals surface area contributed by atoms with Crippen molar-refractivity contribution in [2.75, 3.05) is 7.11 Å². The van der Waals surface area contributed by atoms with E-state index in [9.17, 15) is 4.79 Å². The van der Waals surface area contributed by atoms with E-state index < -0.39 is 12.0 Å². The molecule has 1 aromatic rings. The third kappa shape index (κ3) is 1.83. The molecule has 1 aromatic carbocycles. The van der Waals surface area contributed by atoms with Crippen LogP contribution in [-0.2, 0) is 9.53 Å². The molecule has 3 heteroatoms. The summed E-state index contributed by atoms with van der Waals surface area (Å²) in [5.41, 5.74) is 0.266. The molecule has 0 saturated heterocycles. The summed E-state index contributed by atoms with van der Waals surface area (Å²) < 4.78 is 18.8. The zero-order chi connectivity index (χ0) is 10.6. The Kier molecular flexibility index (Phi) is 2.00. The smallest absolute Gasteiger partial charge is 0.339 e. The van der Waals surface area contributed by atoms with Crippen LogP contribution in [0.4, 0.5) is 0 Å². The number of ether oxygens (including phenoxy) is 1. The Balaban J connectivity index is 3.08. The lowest BCUT2D eigenvalue weighted by molar-refractivity contribution is -0.150. The minimum absolute atomic E-state index is 0.266. The first-order valence-electron chi connectivity index (χ1n) is 4.34. The van der Waals surface area contributed by atoms with Gasteiger partial charge in [-0.2, -0.15) is 0 Å². The van der Waals surface area contributed by atoms with Crippen molar-refractivity contribution in [3.63, 3.8) is 0 Å². The summed E-state index contributed by atoms with van der Waals surface area (Å²) in [6, 6.07) is 8.10. The fourth-order valence-electron chi connectivity index (χ4n) is 0.800. The van der Waals surface area contributed by atoms with E-state index in [1.807, 2.05) is 0 Å². The molecule has 0 heterocycles. The highest BCUT2D eigenvalue weighted by molar-refractivity contribution is 5.75. The molecular formula is C9H10O3. The number of benzene rings is 1. The van der Waals surface area contributed by atoms with Crippen LogP contribution in [0.25, 0.3) is 0 Å². The molecule has 12 heavy (non-hydrogen) atoms. The summed E-state index contributed by atoms with van der Waals surface area (Å²) in [5.74, 6) is -0.918. The molecule has 0 saturated carbocycles. The zero-order valence-electron chi connectivity index (χ0n) is 8.61. The van der Waals surface area contributed by atoms with Gasteiger partial charge >= 0.3 is 5.97 Å². The summed E-state index contributed by atoms with van der Waals surface area (Å²) in [4.78, 5) is 11.2. The highest BCUT2D eigenvalue weighted by atomic mass is 16.5. The average molecular weight is 168 g/mol. The minimum Gasteiger partial charge on any atom is -0.467 e. The van der Waals surface area contributed by atoms with Crippen molar-refractivity contribution in [1.29, 1.82) is 1.43 Å². The minimum atomic E-state index is -2.10. The van der Waals surface area contributed by atoms with E-state index in [0.29, 0.717) is 0 Å². The lowest BCUT2D eigenvalue weighted by Gasteiger charge is -2.07. The van der Waals surface area contributed by atoms with Crippen LogP contribution < -0.4 is 0 Å². The number of methoxy groups -OCH3 is 1. The van der Waals surface area contributed by atoms with Crippen molar-refractivity contribution < 1.29 is 16.0 Å². The molecule has 1 N–H and O–H groups in total. The van der Waals surface area contributed by atoms with Gasteiger partial charge < -0.3 is 9.85 Å². The van der Waals surface area contributed by atoms with Gasteiger partial charge in [0.2, 0.25) is 1.43 Å². The van der Waals surface area contributed by atoms with Crippen LogP contribution in [0, 0.1) is 0 Å². The second-order valence-electron chi connectivity index (χ2n) is 2.19. The second kappa shape index (κ2) is 3.88. The molecule has 0 aliphatic rings. The number of hydrogen-bond donors (Lipinski definition) is 1. The fourth-order valence-corrected chi connectivity index (χ4v) is 0.800. The predicted octanol–water partition coefficient (Wildman–Crippen LogP) is 0.893. The number of rotatable bonds is 3. The number of aliphatic hydroxyl groups is 1. The largest absolute Gasteiger partial charge is 0.467 e. The predicted molar refractivity (Wildman–Crippen MR) is 43.4 cm³/mol. The van der Waals surface area contributed by atoms with Gasteiger partial charge in [-0.25, -0.2) is 4.79 Å². The molecule has 1 unspecified atom stereocenters. The molecular weight excluding hydrogens is 156 g/mol. The van der Waals surface area contributed by atoms with Crippen LogP contribution in [0.15, 0.2) is 30.3 Å². The Morgan fingerprint density at radius 3 is 2.83 bits per heavy atom. The Morgan fingerprint density at radius 2 is 2.33 bits per heavy atom. The number of carbonyl (C=O) groups excluding carboxylic acids is 1. The number of carbonyl (C=O) groups is 1. The standard InChI is InChI=1S/C9H10O3/c1-12-9(11)8(10)7-5-3-2-4-6-7/h2-6,8,10H,1H3/i8D,10D. The van der Waals surface area contributed by atoms with E-state index in [-0.39, 0.29) is 5.56 Å². The van der Waals surface area contributed by atoms with Gasteiger partial charge in [0.15, 0.2) is 6.08 Å². The fraction of sp³-hybridized carbons (Fsp3) is 0.222. The van der Waals surface area contributed by atoms with E-state index >= 15 is 0 Å². The van der Waals surface area contributed by atoms with Crippen LogP contribution in [0.1, 0.15) is 13.0 Å². The Morgan fingerprint density at radius 1 is 1.67 bits per heavy atom. The average Bonchev–Trinajstić information content (AvgIpc) is 2.28. The summed E-state index contributed by atoms with van der Waals surface area (Å²) in [7, 11) is 1.15. The first kappa shape index (κ1) is 6.20. The molecule has 1 atom stereocenters. The van der Waals surface area contributed by atoms with Crippen LogP contribution >= 0.6 is 0 Å². The van der Waals surface area contributed by atoms with E-state index in [4.69, 9.17) is 2.80 Å². The van der Waals surface area contributed by atoms with Gasteiger partial charge in [0.1, 0.15) is 0 Å². The van der Waals surface area contributed by atoms with Gasteiger partial charge in [0.25, 0.3) is 0 Å². The first-order chi connectivity index (χ1) is 6.65. The second-order valence-corrected chi connectivity index (χ2v) is 2.19. The van der Waals surface area contributed by atoms with Crippen LogP contribution in [-0.4, -0.2) is 19.6 Å². The van der Waals surface area contributed by atoms with Gasteiger partial charge in [-0.15, -0.1) is 0 Å². The molecule has 0 spiro atoms. The van der Waals surface area contributed by atoms with E-state index in [1.54, 1.807) is 18.2 Å². The zero-order valence-corrected chi connectivity index (χ0v) is 6.61. The molecule has 0 aromatic heterocycles. The van der Waals surface area contributed by atoms with Gasteiger partial charge in [-0.1, -0.05) is 30.3 Å². The molecule has 0 aliphatic carbocycles. The van der Waals surface area contributed by atoms with Crippen molar-refractivity contribution in [3.05, 3.63) is 35.9 Å². The normalized spacial score (nSPS) is 17.1. The molecule has 0 radical (unpaired) electrons. The lowest BCUT2D eigenvalue weighted by atomic mass is 10.1. The number of esters is 1. The van der Waals surface area contributed by atoms with Crippen molar-refractivity contribution in [2.24, 2.45) is 0 Å². The summed E-state index contributed by atoms with van der Waals surface area (Å²) in [6.07, 6.45) is -2.10. The topological polar surface area (TPSA) is 46.5 Å². The molecule has 0 bridgehead atoms. The third-order valence-electron chi connectivity index (χ3n) is 1.41. The van der Waals surface area contributed by atoms with Gasteiger partial charge in [-0.3, -0.25) is 0 Å². The van der Waals surface area contributed by atoms with Crippen LogP contribution in [0.5, 0.6) is 0 Å². The number of hydrogen-bond acceptors (Lipinski definition) is 3. The first-order valence-corrected chi connectivity index (χ1v) is 3.43. The van der Waals surface area contributed by atoms with Gasteiger partial charge in [0, 0.05) is 0 Å². The monoisotopic (exact) mass is 168 g/mol.